The van der Waals surface area contributed by atoms with Crippen molar-refractivity contribution in [2.45, 2.75) is 38.3 Å². The minimum Gasteiger partial charge on any atom is -0.377 e. The monoisotopic (exact) mass is 198 g/mol. The summed E-state index contributed by atoms with van der Waals surface area (Å²) in [5, 5.41) is 3.45. The van der Waals surface area contributed by atoms with Gasteiger partial charge in [-0.15, -0.1) is 0 Å². The summed E-state index contributed by atoms with van der Waals surface area (Å²) in [5.74, 6) is 0. The van der Waals surface area contributed by atoms with Crippen LogP contribution >= 0.6 is 0 Å². The third kappa shape index (κ3) is 2.69. The average molecular weight is 198 g/mol. The molecule has 14 heavy (non-hydrogen) atoms. The highest BCUT2D eigenvalue weighted by Crippen LogP contribution is 2.15. The van der Waals surface area contributed by atoms with Crippen molar-refractivity contribution < 1.29 is 4.74 Å². The van der Waals surface area contributed by atoms with Gasteiger partial charge in [0.25, 0.3) is 0 Å². The van der Waals surface area contributed by atoms with Crippen LogP contribution in [0.25, 0.3) is 0 Å². The predicted octanol–water partition coefficient (Wildman–Crippen LogP) is 0.849. The molecule has 3 heteroatoms. The second-order valence-electron chi connectivity index (χ2n) is 4.52. The first-order valence-corrected chi connectivity index (χ1v) is 5.92. The molecular formula is C11H22N2O. The van der Waals surface area contributed by atoms with E-state index in [4.69, 9.17) is 4.74 Å². The van der Waals surface area contributed by atoms with Gasteiger partial charge in [-0.25, -0.2) is 0 Å². The van der Waals surface area contributed by atoms with Crippen molar-refractivity contribution in [1.29, 1.82) is 0 Å². The highest BCUT2D eigenvalue weighted by molar-refractivity contribution is 4.78. The van der Waals surface area contributed by atoms with Crippen LogP contribution in [0, 0.1) is 0 Å². The Morgan fingerprint density at radius 3 is 3.07 bits per heavy atom. The van der Waals surface area contributed by atoms with Crippen LogP contribution in [-0.4, -0.2) is 49.8 Å². The largest absolute Gasteiger partial charge is 0.377 e. The first kappa shape index (κ1) is 10.4. The third-order valence-corrected chi connectivity index (χ3v) is 3.40. The molecule has 0 bridgehead atoms. The molecule has 2 rings (SSSR count). The molecule has 2 aliphatic heterocycles. The molecule has 2 atom stereocenters. The molecule has 0 radical (unpaired) electrons. The molecule has 2 heterocycles. The quantitative estimate of drug-likeness (QED) is 0.712. The van der Waals surface area contributed by atoms with Gasteiger partial charge in [-0.3, -0.25) is 4.90 Å². The van der Waals surface area contributed by atoms with E-state index in [9.17, 15) is 0 Å². The maximum atomic E-state index is 5.68. The number of ether oxygens (including phenoxy) is 1. The Hall–Kier alpha value is -0.120. The fraction of sp³-hybridized carbons (Fsp3) is 1.00. The topological polar surface area (TPSA) is 24.5 Å². The van der Waals surface area contributed by atoms with Crippen LogP contribution in [0.3, 0.4) is 0 Å². The number of rotatable bonds is 2. The summed E-state index contributed by atoms with van der Waals surface area (Å²) < 4.78 is 5.68. The normalized spacial score (nSPS) is 35.8. The molecule has 0 saturated carbocycles. The van der Waals surface area contributed by atoms with E-state index in [1.165, 1.54) is 32.4 Å². The van der Waals surface area contributed by atoms with Gasteiger partial charge in [0.05, 0.1) is 6.10 Å². The molecule has 2 aliphatic rings. The maximum absolute atomic E-state index is 5.68. The van der Waals surface area contributed by atoms with Crippen molar-refractivity contribution in [3.05, 3.63) is 0 Å². The Labute approximate surface area is 86.8 Å². The molecule has 2 unspecified atom stereocenters. The molecule has 0 aromatic carbocycles. The van der Waals surface area contributed by atoms with Crippen LogP contribution in [0.2, 0.25) is 0 Å². The molecule has 1 N–H and O–H groups in total. The zero-order valence-corrected chi connectivity index (χ0v) is 9.17. The van der Waals surface area contributed by atoms with Crippen molar-refractivity contribution in [1.82, 2.24) is 10.2 Å². The smallest absolute Gasteiger partial charge is 0.0702 e. The maximum Gasteiger partial charge on any atom is 0.0702 e. The second kappa shape index (κ2) is 5.10. The van der Waals surface area contributed by atoms with Crippen molar-refractivity contribution in [3.63, 3.8) is 0 Å². The van der Waals surface area contributed by atoms with Gasteiger partial charge in [0.1, 0.15) is 0 Å². The second-order valence-corrected chi connectivity index (χ2v) is 4.52. The van der Waals surface area contributed by atoms with Crippen LogP contribution in [0.5, 0.6) is 0 Å². The first-order chi connectivity index (χ1) is 6.86. The summed E-state index contributed by atoms with van der Waals surface area (Å²) in [6.45, 7) is 7.94. The summed E-state index contributed by atoms with van der Waals surface area (Å²) >= 11 is 0. The fourth-order valence-corrected chi connectivity index (χ4v) is 2.38. The summed E-state index contributed by atoms with van der Waals surface area (Å²) in [7, 11) is 0. The van der Waals surface area contributed by atoms with E-state index in [1.54, 1.807) is 0 Å². The number of nitrogens with zero attached hydrogens (tertiary/aromatic N) is 1. The molecule has 0 amide bonds. The molecular weight excluding hydrogens is 176 g/mol. The highest BCUT2D eigenvalue weighted by Gasteiger charge is 2.23. The highest BCUT2D eigenvalue weighted by atomic mass is 16.5. The average Bonchev–Trinajstić information content (AvgIpc) is 2.60. The number of hydrogen-bond acceptors (Lipinski definition) is 3. The van der Waals surface area contributed by atoms with Gasteiger partial charge in [-0.2, -0.15) is 0 Å². The molecule has 0 aromatic rings. The Balaban J connectivity index is 1.81. The van der Waals surface area contributed by atoms with Crippen molar-refractivity contribution >= 4 is 0 Å². The lowest BCUT2D eigenvalue weighted by Crippen LogP contribution is -2.39. The molecule has 2 saturated heterocycles. The van der Waals surface area contributed by atoms with Gasteiger partial charge in [-0.1, -0.05) is 0 Å². The Kier molecular flexibility index (Phi) is 3.79. The van der Waals surface area contributed by atoms with E-state index >= 15 is 0 Å². The van der Waals surface area contributed by atoms with Crippen LogP contribution in [-0.2, 0) is 4.74 Å². The van der Waals surface area contributed by atoms with Gasteiger partial charge in [0.15, 0.2) is 0 Å². The predicted molar refractivity (Wildman–Crippen MR) is 57.5 cm³/mol. The Morgan fingerprint density at radius 2 is 2.29 bits per heavy atom. The molecule has 3 nitrogen and oxygen atoms in total. The van der Waals surface area contributed by atoms with Crippen LogP contribution in [0.15, 0.2) is 0 Å². The SMILES string of the molecule is CC1CCNCCN1CC1CCCO1. The van der Waals surface area contributed by atoms with Crippen LogP contribution in [0.1, 0.15) is 26.2 Å². The minimum atomic E-state index is 0.510. The van der Waals surface area contributed by atoms with Crippen molar-refractivity contribution in [3.8, 4) is 0 Å². The lowest BCUT2D eigenvalue weighted by atomic mass is 10.1. The number of nitrogens with one attached hydrogen (secondary N) is 1. The van der Waals surface area contributed by atoms with E-state index in [-0.39, 0.29) is 0 Å². The van der Waals surface area contributed by atoms with E-state index in [1.807, 2.05) is 0 Å². The lowest BCUT2D eigenvalue weighted by molar-refractivity contribution is 0.0623. The zero-order chi connectivity index (χ0) is 9.80. The van der Waals surface area contributed by atoms with Crippen LogP contribution < -0.4 is 5.32 Å². The van der Waals surface area contributed by atoms with Gasteiger partial charge >= 0.3 is 0 Å². The molecule has 82 valence electrons. The summed E-state index contributed by atoms with van der Waals surface area (Å²) in [4.78, 5) is 2.58. The summed E-state index contributed by atoms with van der Waals surface area (Å²) in [6.07, 6.45) is 4.30. The molecule has 2 fully saturated rings. The molecule has 0 spiro atoms. The fourth-order valence-electron chi connectivity index (χ4n) is 2.38. The van der Waals surface area contributed by atoms with E-state index in [0.717, 1.165) is 19.7 Å². The Morgan fingerprint density at radius 1 is 1.36 bits per heavy atom. The summed E-state index contributed by atoms with van der Waals surface area (Å²) in [5.41, 5.74) is 0. The van der Waals surface area contributed by atoms with Gasteiger partial charge in [0, 0.05) is 32.3 Å². The Bertz CT molecular complexity index is 169. The van der Waals surface area contributed by atoms with Crippen LogP contribution in [0.4, 0.5) is 0 Å². The van der Waals surface area contributed by atoms with Crippen molar-refractivity contribution in [2.75, 3.05) is 32.8 Å². The van der Waals surface area contributed by atoms with Crippen molar-refractivity contribution in [2.24, 2.45) is 0 Å². The third-order valence-electron chi connectivity index (χ3n) is 3.40. The zero-order valence-electron chi connectivity index (χ0n) is 9.17. The van der Waals surface area contributed by atoms with Gasteiger partial charge in [-0.05, 0) is 32.7 Å². The molecule has 0 aromatic heterocycles. The van der Waals surface area contributed by atoms with Gasteiger partial charge in [0.2, 0.25) is 0 Å². The lowest BCUT2D eigenvalue weighted by Gasteiger charge is -2.28. The molecule has 0 aliphatic carbocycles. The summed E-state index contributed by atoms with van der Waals surface area (Å²) in [6, 6.07) is 0.717. The van der Waals surface area contributed by atoms with E-state index < -0.39 is 0 Å². The van der Waals surface area contributed by atoms with Gasteiger partial charge < -0.3 is 10.1 Å². The van der Waals surface area contributed by atoms with E-state index in [0.29, 0.717) is 12.1 Å². The minimum absolute atomic E-state index is 0.510. The van der Waals surface area contributed by atoms with E-state index in [2.05, 4.69) is 17.1 Å². The number of hydrogen-bond donors (Lipinski definition) is 1. The standard InChI is InChI=1S/C11H22N2O/c1-10-4-5-12-6-7-13(10)9-11-3-2-8-14-11/h10-12H,2-9H2,1H3. The first-order valence-electron chi connectivity index (χ1n) is 5.92.